The first-order chi connectivity index (χ1) is 9.66. The number of thiocarbonyl (C=S) groups is 1. The molecule has 1 saturated carbocycles. The maximum absolute atomic E-state index is 11.9. The van der Waals surface area contributed by atoms with Gasteiger partial charge in [-0.05, 0) is 18.1 Å². The Kier molecular flexibility index (Phi) is 6.44. The first-order valence-corrected chi connectivity index (χ1v) is 7.11. The minimum absolute atomic E-state index is 0.304. The molecule has 0 bridgehead atoms. The van der Waals surface area contributed by atoms with E-state index >= 15 is 0 Å². The van der Waals surface area contributed by atoms with E-state index in [4.69, 9.17) is 12.2 Å². The Morgan fingerprint density at radius 2 is 1.81 bits per heavy atom. The van der Waals surface area contributed by atoms with E-state index in [-0.39, 0.29) is 0 Å². The number of hydrogen-bond donors (Lipinski definition) is 6. The highest BCUT2D eigenvalue weighted by molar-refractivity contribution is 7.80. The van der Waals surface area contributed by atoms with Crippen molar-refractivity contribution in [3.8, 4) is 0 Å². The number of aliphatic hydroxyl groups is 4. The minimum Gasteiger partial charge on any atom is -0.388 e. The zero-order valence-corrected chi connectivity index (χ0v) is 13.0. The van der Waals surface area contributed by atoms with Crippen molar-refractivity contribution in [3.05, 3.63) is 0 Å². The Morgan fingerprint density at radius 3 is 2.33 bits per heavy atom. The van der Waals surface area contributed by atoms with E-state index in [1.54, 1.807) is 7.05 Å². The quantitative estimate of drug-likeness (QED) is 0.243. The summed E-state index contributed by atoms with van der Waals surface area (Å²) in [5.74, 6) is -0.434. The average Bonchev–Trinajstić information content (AvgIpc) is 2.44. The maximum Gasteiger partial charge on any atom is 0.185 e. The third kappa shape index (κ3) is 4.31. The van der Waals surface area contributed by atoms with E-state index in [1.165, 1.54) is 5.01 Å². The predicted molar refractivity (Wildman–Crippen MR) is 79.2 cm³/mol. The topological polar surface area (TPSA) is 125 Å². The van der Waals surface area contributed by atoms with E-state index in [1.807, 2.05) is 13.8 Å². The second kappa shape index (κ2) is 7.43. The van der Waals surface area contributed by atoms with Crippen LogP contribution in [0.25, 0.3) is 0 Å². The summed E-state index contributed by atoms with van der Waals surface area (Å²) >= 11 is 5.11. The molecule has 1 fully saturated rings. The average molecular weight is 321 g/mol. The third-order valence-electron chi connectivity index (χ3n) is 3.26. The van der Waals surface area contributed by atoms with Crippen LogP contribution in [0.1, 0.15) is 13.8 Å². The summed E-state index contributed by atoms with van der Waals surface area (Å²) in [5, 5.41) is 43.0. The molecule has 9 heteroatoms. The summed E-state index contributed by atoms with van der Waals surface area (Å²) in [6.07, 6.45) is -6.64. The first-order valence-electron chi connectivity index (χ1n) is 6.70. The van der Waals surface area contributed by atoms with Crippen molar-refractivity contribution in [2.45, 2.75) is 44.3 Å². The summed E-state index contributed by atoms with van der Waals surface area (Å²) in [6, 6.07) is -1.26. The number of ketones is 1. The molecule has 0 heterocycles. The molecule has 0 radical (unpaired) electrons. The van der Waals surface area contributed by atoms with Gasteiger partial charge in [-0.25, -0.2) is 5.43 Å². The Morgan fingerprint density at radius 1 is 1.24 bits per heavy atom. The minimum atomic E-state index is -1.76. The second-order valence-electron chi connectivity index (χ2n) is 5.56. The molecule has 0 spiro atoms. The lowest BCUT2D eigenvalue weighted by atomic mass is 9.85. The molecule has 122 valence electrons. The van der Waals surface area contributed by atoms with E-state index in [0.717, 1.165) is 0 Å². The fraction of sp³-hybridized carbons (Fsp3) is 0.833. The maximum atomic E-state index is 11.9. The molecule has 1 unspecified atom stereocenters. The molecule has 0 aromatic heterocycles. The van der Waals surface area contributed by atoms with Crippen molar-refractivity contribution in [2.24, 2.45) is 5.92 Å². The number of nitrogens with one attached hydrogen (secondary N) is 2. The molecule has 21 heavy (non-hydrogen) atoms. The van der Waals surface area contributed by atoms with Crippen LogP contribution in [-0.4, -0.2) is 80.4 Å². The van der Waals surface area contributed by atoms with Crippen molar-refractivity contribution in [1.82, 2.24) is 15.8 Å². The third-order valence-corrected chi connectivity index (χ3v) is 3.68. The Labute approximate surface area is 128 Å². The lowest BCUT2D eigenvalue weighted by molar-refractivity contribution is -0.171. The largest absolute Gasteiger partial charge is 0.388 e. The zero-order chi connectivity index (χ0) is 16.3. The lowest BCUT2D eigenvalue weighted by Gasteiger charge is -2.39. The van der Waals surface area contributed by atoms with Gasteiger partial charge >= 0.3 is 0 Å². The highest BCUT2D eigenvalue weighted by atomic mass is 32.1. The second-order valence-corrected chi connectivity index (χ2v) is 5.95. The number of hydrazine groups is 1. The van der Waals surface area contributed by atoms with Gasteiger partial charge in [0.25, 0.3) is 0 Å². The van der Waals surface area contributed by atoms with Crippen LogP contribution in [0.4, 0.5) is 0 Å². The molecule has 0 amide bonds. The SMILES string of the molecule is CC(C)CNC(=S)N(C)NC1C(=O)[C@@H](O)[C@@H](O)[C@H](O)[C@H]1O. The van der Waals surface area contributed by atoms with Crippen molar-refractivity contribution in [2.75, 3.05) is 13.6 Å². The summed E-state index contributed by atoms with van der Waals surface area (Å²) in [4.78, 5) is 11.9. The highest BCUT2D eigenvalue weighted by Crippen LogP contribution is 2.18. The Balaban J connectivity index is 2.67. The first kappa shape index (κ1) is 18.2. The molecular formula is C12H23N3O5S. The summed E-state index contributed by atoms with van der Waals surface area (Å²) in [7, 11) is 1.54. The number of hydrogen-bond acceptors (Lipinski definition) is 7. The Hall–Kier alpha value is -0.840. The van der Waals surface area contributed by atoms with Crippen LogP contribution >= 0.6 is 12.2 Å². The zero-order valence-electron chi connectivity index (χ0n) is 12.2. The van der Waals surface area contributed by atoms with Crippen LogP contribution < -0.4 is 10.7 Å². The fourth-order valence-corrected chi connectivity index (χ4v) is 2.06. The molecular weight excluding hydrogens is 298 g/mol. The van der Waals surface area contributed by atoms with Gasteiger partial charge in [0.15, 0.2) is 10.9 Å². The molecule has 0 aliphatic heterocycles. The number of carbonyl (C=O) groups is 1. The van der Waals surface area contributed by atoms with Crippen molar-refractivity contribution >= 4 is 23.1 Å². The van der Waals surface area contributed by atoms with Crippen molar-refractivity contribution in [1.29, 1.82) is 0 Å². The fourth-order valence-electron chi connectivity index (χ4n) is 1.92. The normalized spacial score (nSPS) is 33.1. The summed E-state index contributed by atoms with van der Waals surface area (Å²) in [5.41, 5.74) is 2.62. The van der Waals surface area contributed by atoms with Crippen LogP contribution in [-0.2, 0) is 4.79 Å². The molecule has 8 nitrogen and oxygen atoms in total. The standard InChI is InChI=1S/C12H23N3O5S/c1-5(2)4-13-12(21)15(3)14-6-7(16)9(18)11(20)10(19)8(6)17/h5-7,9-11,14,16,18-20H,4H2,1-3H3,(H,13,21)/t6?,7-,9+,10+,11-/m0/s1. The molecule has 1 aliphatic rings. The van der Waals surface area contributed by atoms with Gasteiger partial charge in [-0.2, -0.15) is 0 Å². The van der Waals surface area contributed by atoms with Gasteiger partial charge < -0.3 is 25.7 Å². The number of rotatable bonds is 4. The number of carbonyl (C=O) groups excluding carboxylic acids is 1. The van der Waals surface area contributed by atoms with E-state index < -0.39 is 36.2 Å². The van der Waals surface area contributed by atoms with Crippen LogP contribution in [0.15, 0.2) is 0 Å². The van der Waals surface area contributed by atoms with Gasteiger partial charge in [0, 0.05) is 13.6 Å². The van der Waals surface area contributed by atoms with Crippen LogP contribution in [0.5, 0.6) is 0 Å². The monoisotopic (exact) mass is 321 g/mol. The number of nitrogens with zero attached hydrogens (tertiary/aromatic N) is 1. The summed E-state index contributed by atoms with van der Waals surface area (Å²) < 4.78 is 0. The number of Topliss-reactive ketones (excluding diaryl/α,β-unsaturated/α-hetero) is 1. The lowest BCUT2D eigenvalue weighted by Crippen LogP contribution is -2.68. The van der Waals surface area contributed by atoms with Crippen LogP contribution in [0, 0.1) is 5.92 Å². The van der Waals surface area contributed by atoms with Gasteiger partial charge in [-0.3, -0.25) is 9.80 Å². The van der Waals surface area contributed by atoms with Gasteiger partial charge in [0.1, 0.15) is 30.5 Å². The molecule has 0 aromatic carbocycles. The van der Waals surface area contributed by atoms with Gasteiger partial charge in [0.2, 0.25) is 0 Å². The van der Waals surface area contributed by atoms with Gasteiger partial charge in [-0.15, -0.1) is 0 Å². The smallest absolute Gasteiger partial charge is 0.185 e. The van der Waals surface area contributed by atoms with Gasteiger partial charge in [0.05, 0.1) is 0 Å². The van der Waals surface area contributed by atoms with Crippen LogP contribution in [0.2, 0.25) is 0 Å². The van der Waals surface area contributed by atoms with Crippen molar-refractivity contribution < 1.29 is 25.2 Å². The predicted octanol–water partition coefficient (Wildman–Crippen LogP) is -2.65. The molecule has 6 N–H and O–H groups in total. The highest BCUT2D eigenvalue weighted by Gasteiger charge is 2.48. The molecule has 0 aromatic rings. The molecule has 5 atom stereocenters. The summed E-state index contributed by atoms with van der Waals surface area (Å²) in [6.45, 7) is 4.65. The molecule has 1 aliphatic carbocycles. The van der Waals surface area contributed by atoms with E-state index in [2.05, 4.69) is 10.7 Å². The van der Waals surface area contributed by atoms with Crippen molar-refractivity contribution in [3.63, 3.8) is 0 Å². The molecule has 1 rings (SSSR count). The number of aliphatic hydroxyl groups excluding tert-OH is 4. The van der Waals surface area contributed by atoms with E-state index in [9.17, 15) is 25.2 Å². The van der Waals surface area contributed by atoms with Gasteiger partial charge in [-0.1, -0.05) is 13.8 Å². The molecule has 0 saturated heterocycles. The van der Waals surface area contributed by atoms with E-state index in [0.29, 0.717) is 17.6 Å². The Bertz CT molecular complexity index is 395. The van der Waals surface area contributed by atoms with Crippen LogP contribution in [0.3, 0.4) is 0 Å².